The summed E-state index contributed by atoms with van der Waals surface area (Å²) >= 11 is 5.48. The first-order valence-electron chi connectivity index (χ1n) is 2.86. The number of carbonyl (C=O) groups excluding carboxylic acids is 1. The lowest BCUT2D eigenvalue weighted by Crippen LogP contribution is -2.11. The standard InChI is InChI=1S/C7H5ClFNO/c8-6-3-4(9)1-2-5(6)7(10)11/h1-3H,(H2,10,11). The smallest absolute Gasteiger partial charge is 0.250 e. The van der Waals surface area contributed by atoms with Crippen LogP contribution in [-0.2, 0) is 0 Å². The average molecular weight is 174 g/mol. The third-order valence-electron chi connectivity index (χ3n) is 1.20. The topological polar surface area (TPSA) is 43.1 Å². The number of primary amides is 1. The van der Waals surface area contributed by atoms with E-state index in [1.165, 1.54) is 6.07 Å². The van der Waals surface area contributed by atoms with Gasteiger partial charge in [0.15, 0.2) is 0 Å². The molecule has 4 heteroatoms. The summed E-state index contributed by atoms with van der Waals surface area (Å²) in [6.45, 7) is 0. The molecule has 0 saturated heterocycles. The van der Waals surface area contributed by atoms with Crippen molar-refractivity contribution in [1.29, 1.82) is 0 Å². The van der Waals surface area contributed by atoms with Crippen molar-refractivity contribution in [2.45, 2.75) is 0 Å². The maximum atomic E-state index is 12.4. The van der Waals surface area contributed by atoms with Crippen LogP contribution in [0.3, 0.4) is 0 Å². The van der Waals surface area contributed by atoms with Crippen LogP contribution in [0.25, 0.3) is 0 Å². The first kappa shape index (κ1) is 8.01. The summed E-state index contributed by atoms with van der Waals surface area (Å²) in [6.07, 6.45) is 0. The molecule has 0 aliphatic carbocycles. The highest BCUT2D eigenvalue weighted by atomic mass is 35.5. The lowest BCUT2D eigenvalue weighted by molar-refractivity contribution is 0.100. The highest BCUT2D eigenvalue weighted by molar-refractivity contribution is 6.33. The first-order valence-corrected chi connectivity index (χ1v) is 3.24. The molecule has 0 aromatic heterocycles. The molecule has 0 aliphatic rings. The van der Waals surface area contributed by atoms with E-state index < -0.39 is 11.7 Å². The molecule has 0 atom stereocenters. The summed E-state index contributed by atoms with van der Waals surface area (Å²) in [7, 11) is 0. The molecular weight excluding hydrogens is 169 g/mol. The number of benzene rings is 1. The van der Waals surface area contributed by atoms with Gasteiger partial charge in [-0.1, -0.05) is 11.6 Å². The van der Waals surface area contributed by atoms with Gasteiger partial charge in [0.1, 0.15) is 5.82 Å². The van der Waals surface area contributed by atoms with Crippen LogP contribution >= 0.6 is 11.6 Å². The van der Waals surface area contributed by atoms with Gasteiger partial charge in [-0.05, 0) is 18.2 Å². The lowest BCUT2D eigenvalue weighted by atomic mass is 10.2. The second-order valence-electron chi connectivity index (χ2n) is 1.99. The summed E-state index contributed by atoms with van der Waals surface area (Å²) < 4.78 is 12.4. The number of carbonyl (C=O) groups is 1. The third kappa shape index (κ3) is 1.68. The van der Waals surface area contributed by atoms with Crippen molar-refractivity contribution in [2.75, 3.05) is 0 Å². The number of hydrogen-bond acceptors (Lipinski definition) is 1. The summed E-state index contributed by atoms with van der Waals surface area (Å²) in [6, 6.07) is 3.42. The normalized spacial score (nSPS) is 9.64. The van der Waals surface area contributed by atoms with Gasteiger partial charge < -0.3 is 5.73 Å². The van der Waals surface area contributed by atoms with Crippen molar-refractivity contribution in [1.82, 2.24) is 0 Å². The Labute approximate surface area is 67.8 Å². The van der Waals surface area contributed by atoms with Crippen molar-refractivity contribution < 1.29 is 9.18 Å². The minimum absolute atomic E-state index is 0.0394. The van der Waals surface area contributed by atoms with Crippen LogP contribution in [0.15, 0.2) is 18.2 Å². The van der Waals surface area contributed by atoms with Crippen molar-refractivity contribution in [2.24, 2.45) is 5.73 Å². The number of hydrogen-bond donors (Lipinski definition) is 1. The van der Waals surface area contributed by atoms with E-state index >= 15 is 0 Å². The Bertz CT molecular complexity index is 300. The maximum Gasteiger partial charge on any atom is 0.250 e. The van der Waals surface area contributed by atoms with Gasteiger partial charge in [0.05, 0.1) is 10.6 Å². The van der Waals surface area contributed by atoms with Crippen LogP contribution in [0.4, 0.5) is 4.39 Å². The van der Waals surface area contributed by atoms with Gasteiger partial charge in [-0.2, -0.15) is 0 Å². The molecule has 0 bridgehead atoms. The van der Waals surface area contributed by atoms with E-state index in [0.29, 0.717) is 0 Å². The Morgan fingerprint density at radius 3 is 2.64 bits per heavy atom. The van der Waals surface area contributed by atoms with Crippen molar-refractivity contribution in [3.63, 3.8) is 0 Å². The molecule has 0 fully saturated rings. The van der Waals surface area contributed by atoms with Crippen molar-refractivity contribution in [3.05, 3.63) is 34.6 Å². The summed E-state index contributed by atoms with van der Waals surface area (Å²) in [5, 5.41) is 0.0394. The van der Waals surface area contributed by atoms with Gasteiger partial charge in [-0.3, -0.25) is 4.79 Å². The fourth-order valence-electron chi connectivity index (χ4n) is 0.689. The second kappa shape index (κ2) is 2.88. The first-order chi connectivity index (χ1) is 5.11. The van der Waals surface area contributed by atoms with Gasteiger partial charge >= 0.3 is 0 Å². The van der Waals surface area contributed by atoms with E-state index in [9.17, 15) is 9.18 Å². The largest absolute Gasteiger partial charge is 0.366 e. The number of rotatable bonds is 1. The minimum atomic E-state index is -0.657. The monoisotopic (exact) mass is 173 g/mol. The molecule has 58 valence electrons. The molecule has 0 radical (unpaired) electrons. The molecule has 1 aromatic carbocycles. The Kier molecular flexibility index (Phi) is 2.10. The molecule has 2 nitrogen and oxygen atoms in total. The zero-order valence-corrected chi connectivity index (χ0v) is 6.23. The molecule has 0 unspecified atom stereocenters. The van der Waals surface area contributed by atoms with E-state index in [1.807, 2.05) is 0 Å². The van der Waals surface area contributed by atoms with Crippen molar-refractivity contribution in [3.8, 4) is 0 Å². The number of halogens is 2. The number of amides is 1. The van der Waals surface area contributed by atoms with Crippen molar-refractivity contribution >= 4 is 17.5 Å². The molecule has 1 amide bonds. The Balaban J connectivity index is 3.20. The van der Waals surface area contributed by atoms with E-state index in [0.717, 1.165) is 12.1 Å². The van der Waals surface area contributed by atoms with E-state index in [4.69, 9.17) is 17.3 Å². The zero-order valence-electron chi connectivity index (χ0n) is 5.47. The lowest BCUT2D eigenvalue weighted by Gasteiger charge is -1.97. The molecule has 0 saturated carbocycles. The van der Waals surface area contributed by atoms with Crippen LogP contribution in [0.5, 0.6) is 0 Å². The predicted molar refractivity (Wildman–Crippen MR) is 39.9 cm³/mol. The third-order valence-corrected chi connectivity index (χ3v) is 1.51. The SMILES string of the molecule is NC(=O)c1ccc(F)cc1Cl. The summed E-state index contributed by atoms with van der Waals surface area (Å²) in [4.78, 5) is 10.5. The van der Waals surface area contributed by atoms with Crippen LogP contribution in [0.1, 0.15) is 10.4 Å². The highest BCUT2D eigenvalue weighted by Crippen LogP contribution is 2.15. The van der Waals surface area contributed by atoms with Gasteiger partial charge in [-0.25, -0.2) is 4.39 Å². The quantitative estimate of drug-likeness (QED) is 0.689. The summed E-state index contributed by atoms with van der Waals surface area (Å²) in [5.41, 5.74) is 5.05. The summed E-state index contributed by atoms with van der Waals surface area (Å²) in [5.74, 6) is -1.14. The van der Waals surface area contributed by atoms with Gasteiger partial charge in [-0.15, -0.1) is 0 Å². The molecule has 0 aliphatic heterocycles. The molecular formula is C7H5ClFNO. The van der Waals surface area contributed by atoms with Gasteiger partial charge in [0, 0.05) is 0 Å². The average Bonchev–Trinajstić information content (AvgIpc) is 1.85. The Morgan fingerprint density at radius 1 is 1.55 bits per heavy atom. The molecule has 0 heterocycles. The van der Waals surface area contributed by atoms with Crippen LogP contribution < -0.4 is 5.73 Å². The molecule has 1 aromatic rings. The van der Waals surface area contributed by atoms with E-state index in [-0.39, 0.29) is 10.6 Å². The highest BCUT2D eigenvalue weighted by Gasteiger charge is 2.05. The molecule has 11 heavy (non-hydrogen) atoms. The number of nitrogens with two attached hydrogens (primary N) is 1. The minimum Gasteiger partial charge on any atom is -0.366 e. The molecule has 1 rings (SSSR count). The molecule has 2 N–H and O–H groups in total. The Morgan fingerprint density at radius 2 is 2.18 bits per heavy atom. The van der Waals surface area contributed by atoms with E-state index in [2.05, 4.69) is 0 Å². The predicted octanol–water partition coefficient (Wildman–Crippen LogP) is 1.58. The van der Waals surface area contributed by atoms with Crippen LogP contribution in [0, 0.1) is 5.82 Å². The maximum absolute atomic E-state index is 12.4. The molecule has 0 spiro atoms. The second-order valence-corrected chi connectivity index (χ2v) is 2.40. The fourth-order valence-corrected chi connectivity index (χ4v) is 0.950. The van der Waals surface area contributed by atoms with E-state index in [1.54, 1.807) is 0 Å². The Hall–Kier alpha value is -1.09. The van der Waals surface area contributed by atoms with Gasteiger partial charge in [0.25, 0.3) is 0 Å². The van der Waals surface area contributed by atoms with Gasteiger partial charge in [0.2, 0.25) is 5.91 Å². The fraction of sp³-hybridized carbons (Fsp3) is 0. The zero-order chi connectivity index (χ0) is 8.43. The van der Waals surface area contributed by atoms with Crippen LogP contribution in [-0.4, -0.2) is 5.91 Å². The van der Waals surface area contributed by atoms with Crippen LogP contribution in [0.2, 0.25) is 5.02 Å².